The van der Waals surface area contributed by atoms with Gasteiger partial charge in [0.05, 0.1) is 0 Å². The Morgan fingerprint density at radius 3 is 1.51 bits per heavy atom. The zero-order valence-corrected chi connectivity index (χ0v) is 26.7. The second kappa shape index (κ2) is 11.1. The molecule has 0 unspecified atom stereocenters. The van der Waals surface area contributed by atoms with E-state index in [1.807, 2.05) is 0 Å². The van der Waals surface area contributed by atoms with Gasteiger partial charge in [0, 0.05) is 10.8 Å². The summed E-state index contributed by atoms with van der Waals surface area (Å²) in [6.07, 6.45) is 0. The molecule has 9 aromatic carbocycles. The molecule has 0 fully saturated rings. The van der Waals surface area contributed by atoms with E-state index in [0.717, 1.165) is 16.6 Å². The normalized spacial score (nSPS) is 11.7. The Bertz CT molecular complexity index is 2800. The molecule has 0 saturated heterocycles. The average Bonchev–Trinajstić information content (AvgIpc) is 3.57. The molecule has 10 aromatic rings. The van der Waals surface area contributed by atoms with E-state index < -0.39 is 0 Å². The molecule has 0 atom stereocenters. The third kappa shape index (κ3) is 4.40. The van der Waals surface area contributed by atoms with Crippen molar-refractivity contribution >= 4 is 54.3 Å². The molecule has 0 aliphatic heterocycles. The van der Waals surface area contributed by atoms with Gasteiger partial charge in [-0.3, -0.25) is 0 Å². The third-order valence-electron chi connectivity index (χ3n) is 10.1. The number of benzene rings is 9. The molecule has 0 amide bonds. The molecule has 0 aliphatic rings. The van der Waals surface area contributed by atoms with Crippen LogP contribution in [-0.2, 0) is 0 Å². The van der Waals surface area contributed by atoms with E-state index in [9.17, 15) is 0 Å². The second-order valence-electron chi connectivity index (χ2n) is 12.8. The van der Waals surface area contributed by atoms with Gasteiger partial charge in [-0.1, -0.05) is 164 Å². The maximum atomic E-state index is 6.44. The highest BCUT2D eigenvalue weighted by Gasteiger charge is 2.19. The summed E-state index contributed by atoms with van der Waals surface area (Å²) in [4.78, 5) is 0. The molecule has 0 N–H and O–H groups in total. The molecule has 10 rings (SSSR count). The van der Waals surface area contributed by atoms with Gasteiger partial charge in [-0.25, -0.2) is 0 Å². The monoisotopic (exact) mass is 622 g/mol. The minimum absolute atomic E-state index is 0.910. The first kappa shape index (κ1) is 27.7. The molecular formula is C48H30O. The maximum Gasteiger partial charge on any atom is 0.136 e. The Hall–Kier alpha value is -6.44. The van der Waals surface area contributed by atoms with Crippen molar-refractivity contribution in [1.82, 2.24) is 0 Å². The van der Waals surface area contributed by atoms with Crippen LogP contribution in [0.25, 0.3) is 98.8 Å². The molecule has 0 saturated carbocycles. The van der Waals surface area contributed by atoms with Gasteiger partial charge in [0.1, 0.15) is 11.2 Å². The number of rotatable bonds is 4. The highest BCUT2D eigenvalue weighted by atomic mass is 16.3. The summed E-state index contributed by atoms with van der Waals surface area (Å²) in [6, 6.07) is 65.7. The second-order valence-corrected chi connectivity index (χ2v) is 12.8. The van der Waals surface area contributed by atoms with Crippen LogP contribution in [0.3, 0.4) is 0 Å². The largest absolute Gasteiger partial charge is 0.456 e. The molecular weight excluding hydrogens is 593 g/mol. The average molecular weight is 623 g/mol. The van der Waals surface area contributed by atoms with Crippen LogP contribution in [0.1, 0.15) is 0 Å². The van der Waals surface area contributed by atoms with Gasteiger partial charge in [0.25, 0.3) is 0 Å². The zero-order valence-electron chi connectivity index (χ0n) is 26.7. The first-order valence-corrected chi connectivity index (χ1v) is 16.8. The van der Waals surface area contributed by atoms with E-state index in [-0.39, 0.29) is 0 Å². The van der Waals surface area contributed by atoms with Crippen molar-refractivity contribution < 1.29 is 4.42 Å². The summed E-state index contributed by atoms with van der Waals surface area (Å²) in [5.74, 6) is 0. The van der Waals surface area contributed by atoms with E-state index in [1.165, 1.54) is 82.2 Å². The van der Waals surface area contributed by atoms with Crippen LogP contribution < -0.4 is 0 Å². The predicted molar refractivity (Wildman–Crippen MR) is 208 cm³/mol. The fraction of sp³-hybridized carbons (Fsp3) is 0. The number of fused-ring (bicyclic) bond motifs is 7. The fourth-order valence-corrected chi connectivity index (χ4v) is 7.88. The topological polar surface area (TPSA) is 13.1 Å². The van der Waals surface area contributed by atoms with Crippen molar-refractivity contribution in [3.63, 3.8) is 0 Å². The van der Waals surface area contributed by atoms with E-state index >= 15 is 0 Å². The van der Waals surface area contributed by atoms with Crippen molar-refractivity contribution in [2.24, 2.45) is 0 Å². The van der Waals surface area contributed by atoms with Crippen molar-refractivity contribution in [2.45, 2.75) is 0 Å². The minimum Gasteiger partial charge on any atom is -0.456 e. The smallest absolute Gasteiger partial charge is 0.136 e. The number of hydrogen-bond donors (Lipinski definition) is 0. The molecule has 0 aliphatic carbocycles. The number of hydrogen-bond acceptors (Lipinski definition) is 1. The summed E-state index contributed by atoms with van der Waals surface area (Å²) in [5, 5.41) is 9.77. The van der Waals surface area contributed by atoms with Crippen LogP contribution >= 0.6 is 0 Å². The van der Waals surface area contributed by atoms with Crippen LogP contribution in [0.15, 0.2) is 186 Å². The van der Waals surface area contributed by atoms with Gasteiger partial charge in [0.15, 0.2) is 0 Å². The quantitative estimate of drug-likeness (QED) is 0.178. The van der Waals surface area contributed by atoms with Gasteiger partial charge < -0.3 is 4.42 Å². The van der Waals surface area contributed by atoms with Gasteiger partial charge >= 0.3 is 0 Å². The molecule has 49 heavy (non-hydrogen) atoms. The molecule has 0 radical (unpaired) electrons. The van der Waals surface area contributed by atoms with E-state index in [4.69, 9.17) is 4.42 Å². The van der Waals surface area contributed by atoms with Gasteiger partial charge in [-0.05, 0) is 95.0 Å². The predicted octanol–water partition coefficient (Wildman–Crippen LogP) is 13.7. The molecule has 1 nitrogen and oxygen atoms in total. The lowest BCUT2D eigenvalue weighted by atomic mass is 9.85. The fourth-order valence-electron chi connectivity index (χ4n) is 7.88. The molecule has 0 spiro atoms. The Kier molecular flexibility index (Phi) is 6.25. The lowest BCUT2D eigenvalue weighted by Gasteiger charge is -2.18. The maximum absolute atomic E-state index is 6.44. The van der Waals surface area contributed by atoms with Gasteiger partial charge in [-0.2, -0.15) is 0 Å². The summed E-state index contributed by atoms with van der Waals surface area (Å²) < 4.78 is 6.44. The highest BCUT2D eigenvalue weighted by molar-refractivity contribution is 6.24. The standard InChI is InChI=1S/C48H30O/c1-2-12-31(13-3-1)32-24-26-34(27-25-32)45-39-18-6-8-20-41(39)46(42-21-9-7-19-40(42)45)36-16-10-15-35(30-36)38-22-11-23-43-48(38)47-37-17-5-4-14-33(37)28-29-44(47)49-43/h1-30H. The zero-order chi connectivity index (χ0) is 32.3. The third-order valence-corrected chi connectivity index (χ3v) is 10.1. The molecule has 228 valence electrons. The first-order chi connectivity index (χ1) is 24.3. The summed E-state index contributed by atoms with van der Waals surface area (Å²) in [6.45, 7) is 0. The minimum atomic E-state index is 0.910. The first-order valence-electron chi connectivity index (χ1n) is 16.8. The van der Waals surface area contributed by atoms with Gasteiger partial charge in [-0.15, -0.1) is 0 Å². The van der Waals surface area contributed by atoms with Crippen molar-refractivity contribution in [3.05, 3.63) is 182 Å². The van der Waals surface area contributed by atoms with Crippen molar-refractivity contribution in [1.29, 1.82) is 0 Å². The van der Waals surface area contributed by atoms with Crippen LogP contribution in [0.5, 0.6) is 0 Å². The summed E-state index contributed by atoms with van der Waals surface area (Å²) in [5.41, 5.74) is 11.6. The van der Waals surface area contributed by atoms with Crippen molar-refractivity contribution in [3.8, 4) is 44.5 Å². The lowest BCUT2D eigenvalue weighted by molar-refractivity contribution is 0.669. The van der Waals surface area contributed by atoms with Gasteiger partial charge in [0.2, 0.25) is 0 Å². The van der Waals surface area contributed by atoms with E-state index in [0.29, 0.717) is 0 Å². The Balaban J connectivity index is 1.19. The van der Waals surface area contributed by atoms with E-state index in [2.05, 4.69) is 182 Å². The molecule has 1 aromatic heterocycles. The molecule has 0 bridgehead atoms. The lowest BCUT2D eigenvalue weighted by Crippen LogP contribution is -1.91. The molecule has 1 heterocycles. The van der Waals surface area contributed by atoms with Crippen LogP contribution in [0, 0.1) is 0 Å². The summed E-state index contributed by atoms with van der Waals surface area (Å²) in [7, 11) is 0. The Labute approximate surface area is 284 Å². The van der Waals surface area contributed by atoms with Crippen LogP contribution in [0.4, 0.5) is 0 Å². The van der Waals surface area contributed by atoms with Crippen LogP contribution in [0.2, 0.25) is 0 Å². The Morgan fingerprint density at radius 1 is 0.286 bits per heavy atom. The van der Waals surface area contributed by atoms with Crippen molar-refractivity contribution in [2.75, 3.05) is 0 Å². The molecule has 1 heteroatoms. The highest BCUT2D eigenvalue weighted by Crippen LogP contribution is 2.46. The van der Waals surface area contributed by atoms with E-state index in [1.54, 1.807) is 0 Å². The SMILES string of the molecule is c1ccc(-c2ccc(-c3c4ccccc4c(-c4cccc(-c5cccc6oc7ccc8ccccc8c7c56)c4)c4ccccc34)cc2)cc1. The number of furan rings is 1. The summed E-state index contributed by atoms with van der Waals surface area (Å²) >= 11 is 0. The van der Waals surface area contributed by atoms with Crippen LogP contribution in [-0.4, -0.2) is 0 Å². The Morgan fingerprint density at radius 2 is 0.796 bits per heavy atom.